The van der Waals surface area contributed by atoms with Crippen LogP contribution in [0.4, 0.5) is 5.69 Å². The van der Waals surface area contributed by atoms with E-state index < -0.39 is 5.97 Å². The molecule has 0 radical (unpaired) electrons. The normalized spacial score (nSPS) is 15.5. The highest BCUT2D eigenvalue weighted by molar-refractivity contribution is 6.30. The molecule has 1 aliphatic rings. The number of benzene rings is 2. The fourth-order valence-corrected chi connectivity index (χ4v) is 3.07. The molecule has 0 aliphatic carbocycles. The van der Waals surface area contributed by atoms with E-state index >= 15 is 0 Å². The number of allylic oxidation sites excluding steroid dienone is 1. The first-order valence-corrected chi connectivity index (χ1v) is 8.59. The predicted molar refractivity (Wildman–Crippen MR) is 105 cm³/mol. The number of amides is 1. The quantitative estimate of drug-likeness (QED) is 0.585. The molecule has 27 heavy (non-hydrogen) atoms. The summed E-state index contributed by atoms with van der Waals surface area (Å²) < 4.78 is 10.1. The molecule has 0 N–H and O–H groups in total. The van der Waals surface area contributed by atoms with Crippen molar-refractivity contribution in [2.24, 2.45) is 0 Å². The van der Waals surface area contributed by atoms with Gasteiger partial charge in [0.2, 0.25) is 0 Å². The Morgan fingerprint density at radius 2 is 1.67 bits per heavy atom. The van der Waals surface area contributed by atoms with E-state index in [1.165, 1.54) is 12.0 Å². The highest BCUT2D eigenvalue weighted by Crippen LogP contribution is 2.36. The zero-order valence-electron chi connectivity index (χ0n) is 15.2. The van der Waals surface area contributed by atoms with Gasteiger partial charge in [0.1, 0.15) is 5.75 Å². The van der Waals surface area contributed by atoms with Crippen LogP contribution in [0.25, 0.3) is 6.08 Å². The molecule has 0 fully saturated rings. The third kappa shape index (κ3) is 3.59. The summed E-state index contributed by atoms with van der Waals surface area (Å²) in [6.45, 7) is 1.72. The second kappa shape index (κ2) is 7.68. The molecule has 1 aliphatic heterocycles. The van der Waals surface area contributed by atoms with Gasteiger partial charge in [0.25, 0.3) is 5.91 Å². The lowest BCUT2D eigenvalue weighted by Gasteiger charge is -2.18. The van der Waals surface area contributed by atoms with Crippen molar-refractivity contribution in [1.82, 2.24) is 0 Å². The summed E-state index contributed by atoms with van der Waals surface area (Å²) in [6.07, 6.45) is 1.66. The van der Waals surface area contributed by atoms with Gasteiger partial charge in [0.15, 0.2) is 0 Å². The Hall–Kier alpha value is -3.05. The van der Waals surface area contributed by atoms with Crippen molar-refractivity contribution in [3.8, 4) is 5.75 Å². The largest absolute Gasteiger partial charge is 0.497 e. The van der Waals surface area contributed by atoms with Gasteiger partial charge in [0.05, 0.1) is 25.4 Å². The lowest BCUT2D eigenvalue weighted by molar-refractivity contribution is -0.136. The molecule has 0 saturated heterocycles. The molecule has 6 heteroatoms. The number of carbonyl (C=O) groups is 2. The van der Waals surface area contributed by atoms with Crippen molar-refractivity contribution < 1.29 is 19.1 Å². The molecule has 3 rings (SSSR count). The number of rotatable bonds is 4. The van der Waals surface area contributed by atoms with Crippen LogP contribution in [0.3, 0.4) is 0 Å². The molecule has 0 unspecified atom stereocenters. The molecule has 138 valence electrons. The van der Waals surface area contributed by atoms with Crippen molar-refractivity contribution in [1.29, 1.82) is 0 Å². The summed E-state index contributed by atoms with van der Waals surface area (Å²) in [5.41, 5.74) is 2.43. The average molecular weight is 384 g/mol. The number of methoxy groups -OCH3 is 2. The maximum absolute atomic E-state index is 13.1. The molecule has 0 bridgehead atoms. The Morgan fingerprint density at radius 3 is 2.22 bits per heavy atom. The van der Waals surface area contributed by atoms with E-state index in [9.17, 15) is 9.59 Å². The van der Waals surface area contributed by atoms with Crippen LogP contribution in [0.5, 0.6) is 5.75 Å². The number of ether oxygens (including phenoxy) is 2. The van der Waals surface area contributed by atoms with Gasteiger partial charge in [-0.3, -0.25) is 9.69 Å². The smallest absolute Gasteiger partial charge is 0.340 e. The zero-order chi connectivity index (χ0) is 19.6. The first kappa shape index (κ1) is 18.7. The van der Waals surface area contributed by atoms with Crippen LogP contribution >= 0.6 is 11.6 Å². The fraction of sp³-hybridized carbons (Fsp3) is 0.143. The molecule has 0 aromatic heterocycles. The molecule has 1 amide bonds. The van der Waals surface area contributed by atoms with Gasteiger partial charge in [-0.25, -0.2) is 4.79 Å². The third-order valence-corrected chi connectivity index (χ3v) is 4.55. The molecule has 0 atom stereocenters. The minimum Gasteiger partial charge on any atom is -0.497 e. The summed E-state index contributed by atoms with van der Waals surface area (Å²) >= 11 is 5.92. The van der Waals surface area contributed by atoms with Crippen LogP contribution in [0.2, 0.25) is 5.02 Å². The molecule has 2 aromatic rings. The highest BCUT2D eigenvalue weighted by Gasteiger charge is 2.37. The van der Waals surface area contributed by atoms with Gasteiger partial charge < -0.3 is 9.47 Å². The van der Waals surface area contributed by atoms with Crippen LogP contribution in [0.1, 0.15) is 12.5 Å². The second-order valence-corrected chi connectivity index (χ2v) is 6.34. The summed E-state index contributed by atoms with van der Waals surface area (Å²) in [4.78, 5) is 27.0. The average Bonchev–Trinajstić information content (AvgIpc) is 2.93. The Balaban J connectivity index is 2.09. The van der Waals surface area contributed by atoms with Gasteiger partial charge in [-0.05, 0) is 55.0 Å². The minimum absolute atomic E-state index is 0.244. The van der Waals surface area contributed by atoms with Crippen molar-refractivity contribution in [2.45, 2.75) is 6.92 Å². The lowest BCUT2D eigenvalue weighted by Crippen LogP contribution is -2.24. The zero-order valence-corrected chi connectivity index (χ0v) is 15.9. The minimum atomic E-state index is -0.558. The molecular weight excluding hydrogens is 366 g/mol. The van der Waals surface area contributed by atoms with E-state index in [1.54, 1.807) is 68.6 Å². The highest BCUT2D eigenvalue weighted by atomic mass is 35.5. The molecule has 2 aromatic carbocycles. The number of halogens is 1. The number of hydrogen-bond donors (Lipinski definition) is 0. The Bertz CT molecular complexity index is 943. The van der Waals surface area contributed by atoms with Crippen LogP contribution < -0.4 is 9.64 Å². The van der Waals surface area contributed by atoms with Gasteiger partial charge in [-0.1, -0.05) is 23.7 Å². The summed E-state index contributed by atoms with van der Waals surface area (Å²) in [5.74, 6) is -0.178. The maximum atomic E-state index is 13.1. The topological polar surface area (TPSA) is 55.8 Å². The fourth-order valence-electron chi connectivity index (χ4n) is 2.95. The number of anilines is 1. The lowest BCUT2D eigenvalue weighted by atomic mass is 10.0. The molecule has 5 nitrogen and oxygen atoms in total. The van der Waals surface area contributed by atoms with Crippen molar-refractivity contribution in [3.63, 3.8) is 0 Å². The van der Waals surface area contributed by atoms with E-state index in [-0.39, 0.29) is 17.1 Å². The Kier molecular flexibility index (Phi) is 5.33. The predicted octanol–water partition coefficient (Wildman–Crippen LogP) is 4.23. The van der Waals surface area contributed by atoms with Crippen LogP contribution in [0, 0.1) is 0 Å². The summed E-state index contributed by atoms with van der Waals surface area (Å²) in [5, 5.41) is 0.592. The van der Waals surface area contributed by atoms with E-state index in [0.29, 0.717) is 22.2 Å². The Morgan fingerprint density at radius 1 is 1.04 bits per heavy atom. The van der Waals surface area contributed by atoms with Crippen LogP contribution in [-0.4, -0.2) is 26.1 Å². The monoisotopic (exact) mass is 383 g/mol. The number of hydrogen-bond acceptors (Lipinski definition) is 4. The van der Waals surface area contributed by atoms with E-state index in [1.807, 2.05) is 0 Å². The van der Waals surface area contributed by atoms with Crippen molar-refractivity contribution in [3.05, 3.63) is 76.0 Å². The summed E-state index contributed by atoms with van der Waals surface area (Å²) in [6, 6.07) is 14.1. The molecule has 0 spiro atoms. The Labute approximate surface area is 162 Å². The van der Waals surface area contributed by atoms with Crippen molar-refractivity contribution in [2.75, 3.05) is 19.1 Å². The number of esters is 1. The van der Waals surface area contributed by atoms with Gasteiger partial charge in [0, 0.05) is 16.4 Å². The van der Waals surface area contributed by atoms with Crippen LogP contribution in [0.15, 0.2) is 65.4 Å². The van der Waals surface area contributed by atoms with E-state index in [2.05, 4.69) is 0 Å². The van der Waals surface area contributed by atoms with Gasteiger partial charge in [-0.15, -0.1) is 0 Å². The third-order valence-electron chi connectivity index (χ3n) is 4.30. The number of carbonyl (C=O) groups excluding carboxylic acids is 2. The van der Waals surface area contributed by atoms with Gasteiger partial charge >= 0.3 is 5.97 Å². The van der Waals surface area contributed by atoms with Gasteiger partial charge in [-0.2, -0.15) is 0 Å². The SMILES string of the molecule is COC(=O)C1=C(C)N(c2ccc(OC)cc2)C(=O)C1=Cc1ccc(Cl)cc1. The second-order valence-electron chi connectivity index (χ2n) is 5.90. The molecule has 0 saturated carbocycles. The standard InChI is InChI=1S/C21H18ClNO4/c1-13-19(21(25)27-3)18(12-14-4-6-15(22)7-5-14)20(24)23(13)16-8-10-17(26-2)11-9-16/h4-12H,1-3H3. The first-order valence-electron chi connectivity index (χ1n) is 8.21. The van der Waals surface area contributed by atoms with Crippen LogP contribution in [-0.2, 0) is 14.3 Å². The maximum Gasteiger partial charge on any atom is 0.340 e. The molecule has 1 heterocycles. The summed E-state index contributed by atoms with van der Waals surface area (Å²) in [7, 11) is 2.87. The molecular formula is C21H18ClNO4. The first-order chi connectivity index (χ1) is 13.0. The van der Waals surface area contributed by atoms with E-state index in [0.717, 1.165) is 5.56 Å². The van der Waals surface area contributed by atoms with Crippen molar-refractivity contribution >= 4 is 35.2 Å². The van der Waals surface area contributed by atoms with E-state index in [4.69, 9.17) is 21.1 Å². The number of nitrogens with zero attached hydrogens (tertiary/aromatic N) is 1.